The molecule has 0 unspecified atom stereocenters. The Bertz CT molecular complexity index is 1220. The fourth-order valence-corrected chi connectivity index (χ4v) is 3.09. The normalized spacial score (nSPS) is 11.7. The number of hydrogen-bond acceptors (Lipinski definition) is 4. The first kappa shape index (κ1) is 19.6. The number of halogens is 3. The fourth-order valence-electron chi connectivity index (χ4n) is 3.09. The maximum absolute atomic E-state index is 12.7. The highest BCUT2D eigenvalue weighted by atomic mass is 19.4. The number of carbonyl (C=O) groups is 1. The van der Waals surface area contributed by atoms with Gasteiger partial charge in [-0.2, -0.15) is 18.3 Å². The van der Waals surface area contributed by atoms with Crippen molar-refractivity contribution in [3.05, 3.63) is 77.7 Å². The molecule has 0 aliphatic heterocycles. The summed E-state index contributed by atoms with van der Waals surface area (Å²) in [5, 5.41) is 14.3. The first-order valence-electron chi connectivity index (χ1n) is 8.99. The van der Waals surface area contributed by atoms with Crippen molar-refractivity contribution in [1.82, 2.24) is 19.7 Å². The lowest BCUT2D eigenvalue weighted by atomic mass is 10.1. The van der Waals surface area contributed by atoms with E-state index < -0.39 is 17.7 Å². The van der Waals surface area contributed by atoms with Gasteiger partial charge in [0.05, 0.1) is 40.4 Å². The summed E-state index contributed by atoms with van der Waals surface area (Å²) in [6.07, 6.45) is 0.865. The van der Waals surface area contributed by atoms with Crippen LogP contribution >= 0.6 is 0 Å². The van der Waals surface area contributed by atoms with Gasteiger partial charge < -0.3 is 5.11 Å². The Morgan fingerprint density at radius 3 is 2.43 bits per heavy atom. The molecule has 9 heteroatoms. The third kappa shape index (κ3) is 4.00. The molecular formula is C21H15F3N4O2. The molecule has 152 valence electrons. The number of fused-ring (bicyclic) bond motifs is 1. The van der Waals surface area contributed by atoms with Crippen molar-refractivity contribution in [3.63, 3.8) is 0 Å². The van der Waals surface area contributed by atoms with Crippen LogP contribution in [0.3, 0.4) is 0 Å². The number of alkyl halides is 3. The fraction of sp³-hybridized carbons (Fsp3) is 0.143. The highest BCUT2D eigenvalue weighted by Gasteiger charge is 2.29. The number of nitrogens with zero attached hydrogens (tertiary/aromatic N) is 4. The SMILES string of the molecule is O=C(O)c1ccnc(-c2cc3cnn(CCc4ccc(C(F)(F)F)cc4)c3cn2)c1. The van der Waals surface area contributed by atoms with Crippen molar-refractivity contribution in [2.75, 3.05) is 0 Å². The molecule has 4 rings (SSSR count). The van der Waals surface area contributed by atoms with Crippen molar-refractivity contribution in [2.45, 2.75) is 19.1 Å². The number of pyridine rings is 2. The highest BCUT2D eigenvalue weighted by Crippen LogP contribution is 2.29. The molecule has 1 N–H and O–H groups in total. The number of aryl methyl sites for hydroxylation is 2. The van der Waals surface area contributed by atoms with Gasteiger partial charge in [-0.3, -0.25) is 14.6 Å². The molecule has 0 aliphatic carbocycles. The third-order valence-corrected chi connectivity index (χ3v) is 4.69. The second-order valence-corrected chi connectivity index (χ2v) is 6.68. The quantitative estimate of drug-likeness (QED) is 0.524. The second kappa shape index (κ2) is 7.58. The molecule has 0 bridgehead atoms. The van der Waals surface area contributed by atoms with Crippen molar-refractivity contribution in [3.8, 4) is 11.4 Å². The van der Waals surface area contributed by atoms with Crippen LogP contribution in [0, 0.1) is 0 Å². The van der Waals surface area contributed by atoms with E-state index >= 15 is 0 Å². The van der Waals surface area contributed by atoms with Gasteiger partial charge in [0.15, 0.2) is 0 Å². The molecule has 30 heavy (non-hydrogen) atoms. The number of carboxylic acids is 1. The van der Waals surface area contributed by atoms with Gasteiger partial charge in [-0.25, -0.2) is 4.79 Å². The van der Waals surface area contributed by atoms with Crippen LogP contribution in [0.1, 0.15) is 21.5 Å². The van der Waals surface area contributed by atoms with Gasteiger partial charge in [0.25, 0.3) is 0 Å². The van der Waals surface area contributed by atoms with Crippen LogP contribution < -0.4 is 0 Å². The Balaban J connectivity index is 1.53. The van der Waals surface area contributed by atoms with Crippen LogP contribution in [0.25, 0.3) is 22.3 Å². The lowest BCUT2D eigenvalue weighted by molar-refractivity contribution is -0.137. The van der Waals surface area contributed by atoms with E-state index in [9.17, 15) is 18.0 Å². The van der Waals surface area contributed by atoms with Gasteiger partial charge in [0.1, 0.15) is 0 Å². The molecule has 0 radical (unpaired) electrons. The van der Waals surface area contributed by atoms with Gasteiger partial charge in [-0.1, -0.05) is 12.1 Å². The number of rotatable bonds is 5. The summed E-state index contributed by atoms with van der Waals surface area (Å²) >= 11 is 0. The summed E-state index contributed by atoms with van der Waals surface area (Å²) in [7, 11) is 0. The first-order valence-corrected chi connectivity index (χ1v) is 8.99. The van der Waals surface area contributed by atoms with Crippen LogP contribution in [0.5, 0.6) is 0 Å². The zero-order valence-corrected chi connectivity index (χ0v) is 15.5. The number of hydrogen-bond donors (Lipinski definition) is 1. The molecule has 4 aromatic rings. The molecule has 6 nitrogen and oxygen atoms in total. The van der Waals surface area contributed by atoms with E-state index in [0.717, 1.165) is 28.6 Å². The molecule has 3 heterocycles. The number of aromatic nitrogens is 4. The molecular weight excluding hydrogens is 397 g/mol. The molecule has 0 amide bonds. The zero-order valence-electron chi connectivity index (χ0n) is 15.5. The summed E-state index contributed by atoms with van der Waals surface area (Å²) in [6.45, 7) is 0.475. The van der Waals surface area contributed by atoms with Gasteiger partial charge in [0, 0.05) is 18.1 Å². The maximum atomic E-state index is 12.7. The lowest BCUT2D eigenvalue weighted by Gasteiger charge is -2.08. The van der Waals surface area contributed by atoms with Crippen molar-refractivity contribution in [2.24, 2.45) is 0 Å². The Labute approximate surface area is 168 Å². The topological polar surface area (TPSA) is 80.9 Å². The maximum Gasteiger partial charge on any atom is 0.416 e. The Morgan fingerprint density at radius 2 is 1.73 bits per heavy atom. The van der Waals surface area contributed by atoms with E-state index in [1.807, 2.05) is 0 Å². The molecule has 1 aromatic carbocycles. The van der Waals surface area contributed by atoms with Crippen LogP contribution in [-0.4, -0.2) is 30.8 Å². The molecule has 3 aromatic heterocycles. The van der Waals surface area contributed by atoms with E-state index in [1.165, 1.54) is 30.5 Å². The van der Waals surface area contributed by atoms with Gasteiger partial charge in [-0.15, -0.1) is 0 Å². The van der Waals surface area contributed by atoms with Crippen molar-refractivity contribution >= 4 is 16.9 Å². The Kier molecular flexibility index (Phi) is 4.94. The van der Waals surface area contributed by atoms with Crippen LogP contribution in [0.15, 0.2) is 61.1 Å². The smallest absolute Gasteiger partial charge is 0.416 e. The van der Waals surface area contributed by atoms with Gasteiger partial charge in [0.2, 0.25) is 0 Å². The van der Waals surface area contributed by atoms with E-state index in [4.69, 9.17) is 5.11 Å². The molecule has 0 spiro atoms. The third-order valence-electron chi connectivity index (χ3n) is 4.69. The minimum atomic E-state index is -4.35. The summed E-state index contributed by atoms with van der Waals surface area (Å²) in [6, 6.07) is 9.70. The molecule has 0 saturated heterocycles. The van der Waals surface area contributed by atoms with Crippen molar-refractivity contribution < 1.29 is 23.1 Å². The Morgan fingerprint density at radius 1 is 1.00 bits per heavy atom. The second-order valence-electron chi connectivity index (χ2n) is 6.68. The monoisotopic (exact) mass is 412 g/mol. The largest absolute Gasteiger partial charge is 0.478 e. The van der Waals surface area contributed by atoms with Gasteiger partial charge >= 0.3 is 12.1 Å². The predicted octanol–water partition coefficient (Wildman–Crippen LogP) is 4.45. The molecule has 0 fully saturated rings. The Hall–Kier alpha value is -3.75. The van der Waals surface area contributed by atoms with E-state index in [-0.39, 0.29) is 5.56 Å². The van der Waals surface area contributed by atoms with E-state index in [2.05, 4.69) is 15.1 Å². The predicted molar refractivity (Wildman–Crippen MR) is 103 cm³/mol. The van der Waals surface area contributed by atoms with E-state index in [0.29, 0.717) is 24.4 Å². The summed E-state index contributed by atoms with van der Waals surface area (Å²) in [5.74, 6) is -1.05. The molecule has 0 saturated carbocycles. The zero-order chi connectivity index (χ0) is 21.3. The van der Waals surface area contributed by atoms with Crippen LogP contribution in [0.2, 0.25) is 0 Å². The van der Waals surface area contributed by atoms with Gasteiger partial charge in [-0.05, 0) is 42.3 Å². The number of carboxylic acid groups (broad SMARTS) is 1. The minimum absolute atomic E-state index is 0.120. The molecule has 0 aliphatic rings. The van der Waals surface area contributed by atoms with Crippen molar-refractivity contribution in [1.29, 1.82) is 0 Å². The van der Waals surface area contributed by atoms with E-state index in [1.54, 1.807) is 23.1 Å². The average molecular weight is 412 g/mol. The minimum Gasteiger partial charge on any atom is -0.478 e. The summed E-state index contributed by atoms with van der Waals surface area (Å²) in [5.41, 5.74) is 1.94. The number of aromatic carboxylic acids is 1. The standard InChI is InChI=1S/C21H15F3N4O2/c22-21(23,24)16-3-1-13(2-4-16)6-8-28-19-12-26-18(10-15(19)11-27-28)17-9-14(20(29)30)5-7-25-17/h1-5,7,9-12H,6,8H2,(H,29,30). The van der Waals surface area contributed by atoms with Crippen LogP contribution in [0.4, 0.5) is 13.2 Å². The number of benzene rings is 1. The summed E-state index contributed by atoms with van der Waals surface area (Å²) in [4.78, 5) is 19.7. The molecule has 0 atom stereocenters. The first-order chi connectivity index (χ1) is 14.3. The summed E-state index contributed by atoms with van der Waals surface area (Å²) < 4.78 is 39.7. The lowest BCUT2D eigenvalue weighted by Crippen LogP contribution is -2.06. The van der Waals surface area contributed by atoms with Crippen LogP contribution in [-0.2, 0) is 19.1 Å². The average Bonchev–Trinajstić information content (AvgIpc) is 3.14. The highest BCUT2D eigenvalue weighted by molar-refractivity contribution is 5.89.